The Morgan fingerprint density at radius 1 is 1.64 bits per heavy atom. The van der Waals surface area contributed by atoms with Crippen molar-refractivity contribution in [2.75, 3.05) is 6.54 Å². The Bertz CT molecular complexity index is 128. The predicted octanol–water partition coefficient (Wildman–Crippen LogP) is -0.997. The van der Waals surface area contributed by atoms with E-state index in [2.05, 4.69) is 0 Å². The van der Waals surface area contributed by atoms with E-state index in [1.807, 2.05) is 0 Å². The van der Waals surface area contributed by atoms with Gasteiger partial charge in [-0.05, 0) is 13.0 Å². The van der Waals surface area contributed by atoms with Gasteiger partial charge in [-0.3, -0.25) is 4.79 Å². The number of nitrogens with two attached hydrogens (primary N) is 2. The van der Waals surface area contributed by atoms with Gasteiger partial charge in [0.05, 0.1) is 0 Å². The highest BCUT2D eigenvalue weighted by Gasteiger charge is 2.19. The van der Waals surface area contributed by atoms with Gasteiger partial charge in [0, 0.05) is 12.5 Å². The molecule has 0 amide bonds. The smallest absolute Gasteiger partial charge is 0.162 e. The molecule has 0 heterocycles. The minimum absolute atomic E-state index is 0.217. The second kappa shape index (κ2) is 5.23. The molecule has 66 valence electrons. The van der Waals surface area contributed by atoms with Crippen molar-refractivity contribution in [3.05, 3.63) is 0 Å². The van der Waals surface area contributed by atoms with Gasteiger partial charge >= 0.3 is 0 Å². The van der Waals surface area contributed by atoms with Gasteiger partial charge in [-0.2, -0.15) is 0 Å². The maximum atomic E-state index is 10.9. The summed E-state index contributed by atoms with van der Waals surface area (Å²) in [6.45, 7) is 2.09. The number of rotatable bonds is 5. The summed E-state index contributed by atoms with van der Waals surface area (Å²) < 4.78 is 0. The number of carbonyl (C=O) groups is 1. The molecule has 0 bridgehead atoms. The molecule has 0 aliphatic heterocycles. The molecule has 0 aliphatic rings. The van der Waals surface area contributed by atoms with Gasteiger partial charge in [0.25, 0.3) is 0 Å². The van der Waals surface area contributed by atoms with Crippen molar-refractivity contribution in [2.45, 2.75) is 31.9 Å². The van der Waals surface area contributed by atoms with E-state index in [1.165, 1.54) is 0 Å². The molecular weight excluding hydrogens is 144 g/mol. The van der Waals surface area contributed by atoms with Crippen molar-refractivity contribution in [3.63, 3.8) is 0 Å². The highest BCUT2D eigenvalue weighted by Crippen LogP contribution is 1.98. The lowest BCUT2D eigenvalue weighted by atomic mass is 10.0. The third kappa shape index (κ3) is 3.46. The van der Waals surface area contributed by atoms with Gasteiger partial charge in [0.15, 0.2) is 5.78 Å². The first kappa shape index (κ1) is 10.6. The fourth-order valence-electron chi connectivity index (χ4n) is 0.798. The maximum Gasteiger partial charge on any atom is 0.162 e. The molecule has 4 nitrogen and oxygen atoms in total. The zero-order valence-electron chi connectivity index (χ0n) is 6.79. The molecule has 0 aliphatic carbocycles. The quantitative estimate of drug-likeness (QED) is 0.481. The van der Waals surface area contributed by atoms with E-state index in [0.29, 0.717) is 19.4 Å². The van der Waals surface area contributed by atoms with E-state index >= 15 is 0 Å². The van der Waals surface area contributed by atoms with Gasteiger partial charge in [-0.15, -0.1) is 0 Å². The Hall–Kier alpha value is -0.450. The van der Waals surface area contributed by atoms with Crippen molar-refractivity contribution in [2.24, 2.45) is 11.5 Å². The summed E-state index contributed by atoms with van der Waals surface area (Å²) in [5, 5.41) is 9.19. The third-order valence-corrected chi connectivity index (χ3v) is 1.58. The van der Waals surface area contributed by atoms with E-state index < -0.39 is 12.1 Å². The Morgan fingerprint density at radius 3 is 2.55 bits per heavy atom. The lowest BCUT2D eigenvalue weighted by Crippen LogP contribution is -2.41. The van der Waals surface area contributed by atoms with Crippen LogP contribution in [0.1, 0.15) is 19.8 Å². The molecule has 0 spiro atoms. The van der Waals surface area contributed by atoms with Crippen LogP contribution in [0.15, 0.2) is 0 Å². The zero-order chi connectivity index (χ0) is 8.85. The summed E-state index contributed by atoms with van der Waals surface area (Å²) in [4.78, 5) is 10.9. The van der Waals surface area contributed by atoms with Crippen LogP contribution in [0.2, 0.25) is 0 Å². The highest BCUT2D eigenvalue weighted by molar-refractivity contribution is 5.83. The third-order valence-electron chi connectivity index (χ3n) is 1.58. The summed E-state index contributed by atoms with van der Waals surface area (Å²) in [5.74, 6) is -0.217. The first-order valence-electron chi connectivity index (χ1n) is 3.79. The number of carbonyl (C=O) groups excluding carboxylic acids is 1. The molecule has 0 aromatic heterocycles. The van der Waals surface area contributed by atoms with Crippen molar-refractivity contribution in [3.8, 4) is 0 Å². The minimum Gasteiger partial charge on any atom is -0.384 e. The lowest BCUT2D eigenvalue weighted by molar-refractivity contribution is -0.127. The molecule has 4 heteroatoms. The SMILES string of the molecule is CCC(=O)[C@@H](O)C(N)CCN. The summed E-state index contributed by atoms with van der Waals surface area (Å²) >= 11 is 0. The van der Waals surface area contributed by atoms with Crippen molar-refractivity contribution in [1.82, 2.24) is 0 Å². The summed E-state index contributed by atoms with van der Waals surface area (Å²) in [7, 11) is 0. The Labute approximate surface area is 66.6 Å². The predicted molar refractivity (Wildman–Crippen MR) is 43.0 cm³/mol. The summed E-state index contributed by atoms with van der Waals surface area (Å²) in [6.07, 6.45) is -0.240. The lowest BCUT2D eigenvalue weighted by Gasteiger charge is -2.15. The van der Waals surface area contributed by atoms with E-state index in [0.717, 1.165) is 0 Å². The molecule has 1 unspecified atom stereocenters. The Morgan fingerprint density at radius 2 is 2.18 bits per heavy atom. The Balaban J connectivity index is 3.80. The largest absolute Gasteiger partial charge is 0.384 e. The first-order chi connectivity index (χ1) is 5.13. The van der Waals surface area contributed by atoms with Crippen LogP contribution in [0.3, 0.4) is 0 Å². The normalized spacial score (nSPS) is 16.0. The van der Waals surface area contributed by atoms with E-state index in [1.54, 1.807) is 6.92 Å². The average Bonchev–Trinajstić information content (AvgIpc) is 2.02. The van der Waals surface area contributed by atoms with Crippen LogP contribution >= 0.6 is 0 Å². The molecule has 0 aromatic carbocycles. The molecule has 0 aromatic rings. The average molecular weight is 160 g/mol. The van der Waals surface area contributed by atoms with Crippen LogP contribution in [0, 0.1) is 0 Å². The fourth-order valence-corrected chi connectivity index (χ4v) is 0.798. The topological polar surface area (TPSA) is 89.3 Å². The molecule has 0 radical (unpaired) electrons. The molecule has 2 atom stereocenters. The molecule has 11 heavy (non-hydrogen) atoms. The van der Waals surface area contributed by atoms with Gasteiger partial charge in [-0.1, -0.05) is 6.92 Å². The molecule has 0 fully saturated rings. The van der Waals surface area contributed by atoms with Gasteiger partial charge in [-0.25, -0.2) is 0 Å². The standard InChI is InChI=1S/C7H16N2O2/c1-2-6(10)7(11)5(9)3-4-8/h5,7,11H,2-4,8-9H2,1H3/t5?,7-/m0/s1. The summed E-state index contributed by atoms with van der Waals surface area (Å²) in [6, 6.07) is -0.507. The first-order valence-corrected chi connectivity index (χ1v) is 3.79. The van der Waals surface area contributed by atoms with Crippen LogP contribution in [0.4, 0.5) is 0 Å². The van der Waals surface area contributed by atoms with Crippen molar-refractivity contribution < 1.29 is 9.90 Å². The maximum absolute atomic E-state index is 10.9. The van der Waals surface area contributed by atoms with Crippen LogP contribution in [-0.2, 0) is 4.79 Å². The van der Waals surface area contributed by atoms with Crippen LogP contribution in [-0.4, -0.2) is 29.6 Å². The van der Waals surface area contributed by atoms with Crippen LogP contribution in [0.25, 0.3) is 0 Å². The monoisotopic (exact) mass is 160 g/mol. The van der Waals surface area contributed by atoms with Crippen molar-refractivity contribution in [1.29, 1.82) is 0 Å². The fraction of sp³-hybridized carbons (Fsp3) is 0.857. The minimum atomic E-state index is -1.04. The van der Waals surface area contributed by atoms with Crippen LogP contribution < -0.4 is 11.5 Å². The Kier molecular flexibility index (Phi) is 5.02. The second-order valence-electron chi connectivity index (χ2n) is 2.51. The second-order valence-corrected chi connectivity index (χ2v) is 2.51. The molecular formula is C7H16N2O2. The van der Waals surface area contributed by atoms with E-state index in [9.17, 15) is 9.90 Å². The zero-order valence-corrected chi connectivity index (χ0v) is 6.79. The number of Topliss-reactive ketones (excluding diaryl/α,β-unsaturated/α-hetero) is 1. The van der Waals surface area contributed by atoms with Crippen LogP contribution in [0.5, 0.6) is 0 Å². The number of hydrogen-bond acceptors (Lipinski definition) is 4. The van der Waals surface area contributed by atoms with Gasteiger partial charge < -0.3 is 16.6 Å². The molecule has 0 saturated carbocycles. The highest BCUT2D eigenvalue weighted by atomic mass is 16.3. The molecule has 0 rings (SSSR count). The van der Waals surface area contributed by atoms with Crippen molar-refractivity contribution >= 4 is 5.78 Å². The van der Waals surface area contributed by atoms with E-state index in [-0.39, 0.29) is 5.78 Å². The number of ketones is 1. The number of aliphatic hydroxyl groups is 1. The van der Waals surface area contributed by atoms with Gasteiger partial charge in [0.1, 0.15) is 6.10 Å². The molecule has 5 N–H and O–H groups in total. The summed E-state index contributed by atoms with van der Waals surface area (Å²) in [5.41, 5.74) is 10.7. The van der Waals surface area contributed by atoms with Gasteiger partial charge in [0.2, 0.25) is 0 Å². The van der Waals surface area contributed by atoms with E-state index in [4.69, 9.17) is 11.5 Å². The number of aliphatic hydroxyl groups excluding tert-OH is 1. The molecule has 0 saturated heterocycles. The number of hydrogen-bond donors (Lipinski definition) is 3.